The van der Waals surface area contributed by atoms with Gasteiger partial charge in [0.05, 0.1) is 0 Å². The zero-order chi connectivity index (χ0) is 16.1. The molecule has 0 saturated heterocycles. The average Bonchev–Trinajstić information content (AvgIpc) is 2.48. The molecular weight excluding hydrogens is 276 g/mol. The van der Waals surface area contributed by atoms with Crippen LogP contribution in [0.4, 0.5) is 11.5 Å². The number of hydrogen-bond donors (Lipinski definition) is 2. The summed E-state index contributed by atoms with van der Waals surface area (Å²) in [6.07, 6.45) is 0. The summed E-state index contributed by atoms with van der Waals surface area (Å²) in [7, 11) is 0. The van der Waals surface area contributed by atoms with Gasteiger partial charge in [-0.15, -0.1) is 10.2 Å². The van der Waals surface area contributed by atoms with E-state index in [-0.39, 0.29) is 11.9 Å². The van der Waals surface area contributed by atoms with Crippen LogP contribution < -0.4 is 10.6 Å². The van der Waals surface area contributed by atoms with Crippen molar-refractivity contribution in [3.63, 3.8) is 0 Å². The number of hydrogen-bond acceptors (Lipinski definition) is 4. The number of nitrogens with one attached hydrogen (secondary N) is 2. The van der Waals surface area contributed by atoms with Gasteiger partial charge in [0.25, 0.3) is 5.91 Å². The molecule has 0 spiro atoms. The summed E-state index contributed by atoms with van der Waals surface area (Å²) in [5.74, 6) is 0.904. The number of benzene rings is 1. The van der Waals surface area contributed by atoms with Gasteiger partial charge >= 0.3 is 0 Å². The van der Waals surface area contributed by atoms with Gasteiger partial charge in [0.15, 0.2) is 11.5 Å². The largest absolute Gasteiger partial charge is 0.348 e. The highest BCUT2D eigenvalue weighted by atomic mass is 16.1. The van der Waals surface area contributed by atoms with E-state index in [0.29, 0.717) is 17.4 Å². The lowest BCUT2D eigenvalue weighted by Crippen LogP contribution is -2.30. The summed E-state index contributed by atoms with van der Waals surface area (Å²) in [4.78, 5) is 11.8. The van der Waals surface area contributed by atoms with Crippen molar-refractivity contribution in [3.8, 4) is 0 Å². The van der Waals surface area contributed by atoms with E-state index in [0.717, 1.165) is 5.69 Å². The van der Waals surface area contributed by atoms with Crippen molar-refractivity contribution in [1.29, 1.82) is 0 Å². The highest BCUT2D eigenvalue weighted by molar-refractivity contribution is 5.92. The van der Waals surface area contributed by atoms with Gasteiger partial charge in [-0.05, 0) is 49.6 Å². The molecular formula is C17H22N4O. The molecule has 1 heterocycles. The topological polar surface area (TPSA) is 66.9 Å². The molecule has 5 nitrogen and oxygen atoms in total. The van der Waals surface area contributed by atoms with E-state index in [9.17, 15) is 4.79 Å². The summed E-state index contributed by atoms with van der Waals surface area (Å²) in [6, 6.07) is 11.7. The first-order valence-corrected chi connectivity index (χ1v) is 7.47. The molecule has 0 atom stereocenters. The van der Waals surface area contributed by atoms with Crippen molar-refractivity contribution >= 4 is 17.4 Å². The average molecular weight is 298 g/mol. The molecule has 1 amide bonds. The SMILES string of the molecule is CC(C)NC(=O)c1ccc(Nc2ccc(C(C)C)cc2)nn1. The third kappa shape index (κ3) is 4.28. The number of rotatable bonds is 5. The van der Waals surface area contributed by atoms with E-state index in [2.05, 4.69) is 46.8 Å². The fourth-order valence-corrected chi connectivity index (χ4v) is 1.96. The number of carbonyl (C=O) groups is 1. The van der Waals surface area contributed by atoms with Crippen molar-refractivity contribution in [3.05, 3.63) is 47.7 Å². The van der Waals surface area contributed by atoms with Crippen LogP contribution in [0.1, 0.15) is 49.7 Å². The fraction of sp³-hybridized carbons (Fsp3) is 0.353. The highest BCUT2D eigenvalue weighted by Gasteiger charge is 2.09. The van der Waals surface area contributed by atoms with E-state index in [4.69, 9.17) is 0 Å². The van der Waals surface area contributed by atoms with E-state index in [1.807, 2.05) is 26.0 Å². The predicted octanol–water partition coefficient (Wildman–Crippen LogP) is 3.48. The molecule has 2 N–H and O–H groups in total. The molecule has 0 fully saturated rings. The second kappa shape index (κ2) is 7.02. The van der Waals surface area contributed by atoms with Gasteiger partial charge in [-0.2, -0.15) is 0 Å². The third-order valence-electron chi connectivity index (χ3n) is 3.17. The van der Waals surface area contributed by atoms with Crippen LogP contribution in [0.3, 0.4) is 0 Å². The summed E-state index contributed by atoms with van der Waals surface area (Å²) >= 11 is 0. The molecule has 0 unspecified atom stereocenters. The summed E-state index contributed by atoms with van der Waals surface area (Å²) in [6.45, 7) is 8.13. The van der Waals surface area contributed by atoms with E-state index >= 15 is 0 Å². The lowest BCUT2D eigenvalue weighted by atomic mass is 10.0. The number of nitrogens with zero attached hydrogens (tertiary/aromatic N) is 2. The monoisotopic (exact) mass is 298 g/mol. The van der Waals surface area contributed by atoms with Crippen molar-refractivity contribution in [1.82, 2.24) is 15.5 Å². The number of aromatic nitrogens is 2. The van der Waals surface area contributed by atoms with E-state index < -0.39 is 0 Å². The summed E-state index contributed by atoms with van der Waals surface area (Å²) < 4.78 is 0. The zero-order valence-electron chi connectivity index (χ0n) is 13.4. The van der Waals surface area contributed by atoms with Crippen molar-refractivity contribution in [2.24, 2.45) is 0 Å². The molecule has 0 bridgehead atoms. The quantitative estimate of drug-likeness (QED) is 0.887. The number of carbonyl (C=O) groups excluding carboxylic acids is 1. The minimum absolute atomic E-state index is 0.0755. The van der Waals surface area contributed by atoms with Crippen molar-refractivity contribution in [2.75, 3.05) is 5.32 Å². The van der Waals surface area contributed by atoms with Gasteiger partial charge in [0.1, 0.15) is 0 Å². The predicted molar refractivity (Wildman–Crippen MR) is 88.4 cm³/mol. The van der Waals surface area contributed by atoms with Gasteiger partial charge in [0.2, 0.25) is 0 Å². The molecule has 1 aromatic heterocycles. The second-order valence-corrected chi connectivity index (χ2v) is 5.83. The Hall–Kier alpha value is -2.43. The van der Waals surface area contributed by atoms with Crippen LogP contribution in [0.15, 0.2) is 36.4 Å². The van der Waals surface area contributed by atoms with Gasteiger partial charge < -0.3 is 10.6 Å². The molecule has 116 valence electrons. The fourth-order valence-electron chi connectivity index (χ4n) is 1.96. The molecule has 22 heavy (non-hydrogen) atoms. The van der Waals surface area contributed by atoms with Crippen LogP contribution in [0.25, 0.3) is 0 Å². The first kappa shape index (κ1) is 15.9. The molecule has 0 radical (unpaired) electrons. The van der Waals surface area contributed by atoms with Crippen molar-refractivity contribution < 1.29 is 4.79 Å². The molecule has 0 aliphatic heterocycles. The molecule has 5 heteroatoms. The smallest absolute Gasteiger partial charge is 0.271 e. The Labute approximate surface area is 131 Å². The van der Waals surface area contributed by atoms with Gasteiger partial charge in [0, 0.05) is 11.7 Å². The first-order chi connectivity index (χ1) is 10.5. The Bertz CT molecular complexity index is 618. The number of amides is 1. The number of anilines is 2. The lowest BCUT2D eigenvalue weighted by Gasteiger charge is -2.09. The minimum Gasteiger partial charge on any atom is -0.348 e. The maximum Gasteiger partial charge on any atom is 0.271 e. The minimum atomic E-state index is -0.213. The zero-order valence-corrected chi connectivity index (χ0v) is 13.4. The van der Waals surface area contributed by atoms with Crippen LogP contribution in [-0.2, 0) is 0 Å². The molecule has 1 aromatic carbocycles. The van der Waals surface area contributed by atoms with E-state index in [1.54, 1.807) is 12.1 Å². The molecule has 2 rings (SSSR count). The molecule has 0 aliphatic carbocycles. The van der Waals surface area contributed by atoms with Crippen molar-refractivity contribution in [2.45, 2.75) is 39.7 Å². The Morgan fingerprint density at radius 3 is 2.14 bits per heavy atom. The van der Waals surface area contributed by atoms with Crippen LogP contribution in [0, 0.1) is 0 Å². The molecule has 0 aliphatic rings. The first-order valence-electron chi connectivity index (χ1n) is 7.47. The second-order valence-electron chi connectivity index (χ2n) is 5.83. The Kier molecular flexibility index (Phi) is 5.09. The normalized spacial score (nSPS) is 10.8. The lowest BCUT2D eigenvalue weighted by molar-refractivity contribution is 0.0937. The summed E-state index contributed by atoms with van der Waals surface area (Å²) in [5, 5.41) is 13.9. The Balaban J connectivity index is 2.03. The van der Waals surface area contributed by atoms with Gasteiger partial charge in [-0.1, -0.05) is 26.0 Å². The third-order valence-corrected chi connectivity index (χ3v) is 3.17. The van der Waals surface area contributed by atoms with Crippen LogP contribution in [0.2, 0.25) is 0 Å². The standard InChI is InChI=1S/C17H22N4O/c1-11(2)13-5-7-14(8-6-13)19-16-10-9-15(20-21-16)17(22)18-12(3)4/h5-12H,1-4H3,(H,18,22)(H,19,21). The van der Waals surface area contributed by atoms with Gasteiger partial charge in [-0.25, -0.2) is 0 Å². The van der Waals surface area contributed by atoms with E-state index in [1.165, 1.54) is 5.56 Å². The molecule has 2 aromatic rings. The van der Waals surface area contributed by atoms with Crippen LogP contribution in [0.5, 0.6) is 0 Å². The Morgan fingerprint density at radius 2 is 1.64 bits per heavy atom. The Morgan fingerprint density at radius 1 is 0.955 bits per heavy atom. The maximum atomic E-state index is 11.8. The van der Waals surface area contributed by atoms with Crippen LogP contribution in [-0.4, -0.2) is 22.1 Å². The van der Waals surface area contributed by atoms with Gasteiger partial charge in [-0.3, -0.25) is 4.79 Å². The summed E-state index contributed by atoms with van der Waals surface area (Å²) in [5.41, 5.74) is 2.55. The highest BCUT2D eigenvalue weighted by Crippen LogP contribution is 2.19. The maximum absolute atomic E-state index is 11.8. The molecule has 0 saturated carbocycles. The van der Waals surface area contributed by atoms with Crippen LogP contribution >= 0.6 is 0 Å².